The molecule has 2 aliphatic rings. The predicted octanol–water partition coefficient (Wildman–Crippen LogP) is 4.01. The topological polar surface area (TPSA) is 71.5 Å². The van der Waals surface area contributed by atoms with Crippen LogP contribution in [0.4, 0.5) is 18.9 Å². The number of aromatic nitrogens is 1. The lowest BCUT2D eigenvalue weighted by Crippen LogP contribution is -2.35. The summed E-state index contributed by atoms with van der Waals surface area (Å²) in [6, 6.07) is 11.5. The molecule has 0 saturated carbocycles. The summed E-state index contributed by atoms with van der Waals surface area (Å²) >= 11 is 0. The number of nitrogens with zero attached hydrogens (tertiary/aromatic N) is 2. The average molecular weight is 478 g/mol. The molecule has 3 heterocycles. The second kappa shape index (κ2) is 8.18. The third-order valence-corrected chi connectivity index (χ3v) is 8.06. The minimum absolute atomic E-state index is 0.0874. The van der Waals surface area contributed by atoms with Crippen LogP contribution in [0.5, 0.6) is 5.75 Å². The van der Waals surface area contributed by atoms with Crippen molar-refractivity contribution >= 4 is 26.4 Å². The van der Waals surface area contributed by atoms with Gasteiger partial charge in [-0.15, -0.1) is 13.2 Å². The quantitative estimate of drug-likeness (QED) is 0.612. The van der Waals surface area contributed by atoms with Gasteiger partial charge >= 0.3 is 6.36 Å². The van der Waals surface area contributed by atoms with Gasteiger partial charge in [-0.1, -0.05) is 18.2 Å². The Balaban J connectivity index is 1.47. The number of rotatable bonds is 4. The SMILES string of the molecule is O=S(=O)(c1cccc(OC(F)(F)F)c1)c1cnc2c(N3CC4CCNCC4C3)cccc2c1. The standard InChI is InChI=1S/C23H22F3N3O3S/c24-23(25,26)32-18-4-2-5-19(10-18)33(30,31)20-9-15-3-1-6-21(22(15)28-12-20)29-13-16-7-8-27-11-17(16)14-29/h1-6,9-10,12,16-17,27H,7-8,11,13-14H2. The molecular formula is C23H22F3N3O3S. The van der Waals surface area contributed by atoms with Gasteiger partial charge in [0.1, 0.15) is 5.75 Å². The molecule has 2 aromatic carbocycles. The van der Waals surface area contributed by atoms with Crippen LogP contribution in [0.2, 0.25) is 0 Å². The van der Waals surface area contributed by atoms with Crippen molar-refractivity contribution in [3.8, 4) is 5.75 Å². The number of benzene rings is 2. The molecule has 33 heavy (non-hydrogen) atoms. The van der Waals surface area contributed by atoms with Crippen LogP contribution < -0.4 is 15.0 Å². The predicted molar refractivity (Wildman–Crippen MR) is 117 cm³/mol. The summed E-state index contributed by atoms with van der Waals surface area (Å²) in [5.41, 5.74) is 1.67. The van der Waals surface area contributed by atoms with E-state index >= 15 is 0 Å². The number of hydrogen-bond acceptors (Lipinski definition) is 6. The molecule has 0 spiro atoms. The highest BCUT2D eigenvalue weighted by atomic mass is 32.2. The number of ether oxygens (including phenoxy) is 1. The van der Waals surface area contributed by atoms with Crippen LogP contribution in [-0.2, 0) is 9.84 Å². The highest BCUT2D eigenvalue weighted by Crippen LogP contribution is 2.36. The molecule has 0 amide bonds. The Morgan fingerprint density at radius 3 is 2.61 bits per heavy atom. The Labute approximate surface area is 189 Å². The Kier molecular flexibility index (Phi) is 5.44. The lowest BCUT2D eigenvalue weighted by Gasteiger charge is -2.23. The molecule has 0 radical (unpaired) electrons. The van der Waals surface area contributed by atoms with E-state index in [-0.39, 0.29) is 9.79 Å². The van der Waals surface area contributed by atoms with E-state index in [2.05, 4.69) is 19.9 Å². The summed E-state index contributed by atoms with van der Waals surface area (Å²) < 4.78 is 67.7. The number of para-hydroxylation sites is 1. The number of sulfone groups is 1. The minimum atomic E-state index is -4.91. The Morgan fingerprint density at radius 1 is 1.03 bits per heavy atom. The van der Waals surface area contributed by atoms with Crippen LogP contribution in [0.1, 0.15) is 6.42 Å². The molecule has 2 atom stereocenters. The Hall–Kier alpha value is -2.85. The zero-order valence-corrected chi connectivity index (χ0v) is 18.4. The zero-order chi connectivity index (χ0) is 23.2. The Bertz CT molecular complexity index is 1280. The number of anilines is 1. The average Bonchev–Trinajstić information content (AvgIpc) is 3.21. The molecule has 2 fully saturated rings. The first-order chi connectivity index (χ1) is 15.7. The monoisotopic (exact) mass is 477 g/mol. The molecule has 174 valence electrons. The summed E-state index contributed by atoms with van der Waals surface area (Å²) in [5.74, 6) is 0.622. The van der Waals surface area contributed by atoms with Crippen molar-refractivity contribution in [1.82, 2.24) is 10.3 Å². The molecule has 1 N–H and O–H groups in total. The summed E-state index contributed by atoms with van der Waals surface area (Å²) in [6.07, 6.45) is -2.51. The van der Waals surface area contributed by atoms with Crippen molar-refractivity contribution in [2.45, 2.75) is 22.6 Å². The molecule has 2 aliphatic heterocycles. The lowest BCUT2D eigenvalue weighted by molar-refractivity contribution is -0.274. The summed E-state index contributed by atoms with van der Waals surface area (Å²) in [6.45, 7) is 3.89. The van der Waals surface area contributed by atoms with E-state index in [0.717, 1.165) is 50.4 Å². The highest BCUT2D eigenvalue weighted by molar-refractivity contribution is 7.91. The van der Waals surface area contributed by atoms with Crippen LogP contribution in [0.3, 0.4) is 0 Å². The zero-order valence-electron chi connectivity index (χ0n) is 17.5. The van der Waals surface area contributed by atoms with Gasteiger partial charge in [-0.05, 0) is 61.7 Å². The number of alkyl halides is 3. The summed E-state index contributed by atoms with van der Waals surface area (Å²) in [4.78, 5) is 6.40. The molecule has 2 unspecified atom stereocenters. The second-order valence-corrected chi connectivity index (χ2v) is 10.4. The van der Waals surface area contributed by atoms with Gasteiger partial charge in [0, 0.05) is 24.7 Å². The van der Waals surface area contributed by atoms with Gasteiger partial charge in [-0.25, -0.2) is 8.42 Å². The molecular weight excluding hydrogens is 455 g/mol. The van der Waals surface area contributed by atoms with Crippen LogP contribution in [0.15, 0.2) is 64.5 Å². The maximum absolute atomic E-state index is 13.1. The number of pyridine rings is 1. The fourth-order valence-electron chi connectivity index (χ4n) is 4.77. The van der Waals surface area contributed by atoms with Crippen LogP contribution in [0.25, 0.3) is 10.9 Å². The molecule has 2 saturated heterocycles. The van der Waals surface area contributed by atoms with E-state index in [0.29, 0.717) is 22.7 Å². The number of nitrogens with one attached hydrogen (secondary N) is 1. The van der Waals surface area contributed by atoms with Gasteiger partial charge in [0.15, 0.2) is 0 Å². The van der Waals surface area contributed by atoms with Crippen molar-refractivity contribution < 1.29 is 26.3 Å². The first-order valence-electron chi connectivity index (χ1n) is 10.7. The van der Waals surface area contributed by atoms with E-state index < -0.39 is 21.9 Å². The van der Waals surface area contributed by atoms with Crippen molar-refractivity contribution in [3.63, 3.8) is 0 Å². The number of hydrogen-bond donors (Lipinski definition) is 1. The van der Waals surface area contributed by atoms with Crippen molar-refractivity contribution in [1.29, 1.82) is 0 Å². The van der Waals surface area contributed by atoms with Crippen molar-refractivity contribution in [3.05, 3.63) is 54.7 Å². The molecule has 0 bridgehead atoms. The van der Waals surface area contributed by atoms with E-state index in [4.69, 9.17) is 0 Å². The van der Waals surface area contributed by atoms with Gasteiger partial charge in [0.05, 0.1) is 21.0 Å². The maximum atomic E-state index is 13.1. The van der Waals surface area contributed by atoms with Gasteiger partial charge in [0.2, 0.25) is 9.84 Å². The molecule has 1 aromatic heterocycles. The maximum Gasteiger partial charge on any atom is 0.573 e. The number of halogens is 3. The fourth-order valence-corrected chi connectivity index (χ4v) is 6.04. The second-order valence-electron chi connectivity index (χ2n) is 8.46. The van der Waals surface area contributed by atoms with Crippen LogP contribution >= 0.6 is 0 Å². The molecule has 0 aliphatic carbocycles. The third kappa shape index (κ3) is 4.37. The first kappa shape index (κ1) is 22.0. The van der Waals surface area contributed by atoms with Crippen LogP contribution in [0, 0.1) is 11.8 Å². The molecule has 5 rings (SSSR count). The molecule has 3 aromatic rings. The summed E-state index contributed by atoms with van der Waals surface area (Å²) in [5, 5.41) is 4.10. The van der Waals surface area contributed by atoms with Gasteiger partial charge in [-0.3, -0.25) is 4.98 Å². The summed E-state index contributed by atoms with van der Waals surface area (Å²) in [7, 11) is -4.09. The fraction of sp³-hybridized carbons (Fsp3) is 0.348. The lowest BCUT2D eigenvalue weighted by atomic mass is 9.90. The van der Waals surface area contributed by atoms with E-state index in [1.807, 2.05) is 12.1 Å². The van der Waals surface area contributed by atoms with E-state index in [1.54, 1.807) is 6.07 Å². The van der Waals surface area contributed by atoms with E-state index in [9.17, 15) is 21.6 Å². The molecule has 10 heteroatoms. The van der Waals surface area contributed by atoms with Crippen molar-refractivity contribution in [2.24, 2.45) is 11.8 Å². The van der Waals surface area contributed by atoms with Crippen molar-refractivity contribution in [2.75, 3.05) is 31.1 Å². The third-order valence-electron chi connectivity index (χ3n) is 6.34. The smallest absolute Gasteiger partial charge is 0.406 e. The Morgan fingerprint density at radius 2 is 1.82 bits per heavy atom. The number of piperidine rings is 1. The molecule has 6 nitrogen and oxygen atoms in total. The first-order valence-corrected chi connectivity index (χ1v) is 12.1. The van der Waals surface area contributed by atoms with Gasteiger partial charge < -0.3 is 15.0 Å². The van der Waals surface area contributed by atoms with Gasteiger partial charge in [-0.2, -0.15) is 0 Å². The minimum Gasteiger partial charge on any atom is -0.406 e. The normalized spacial score (nSPS) is 21.2. The number of fused-ring (bicyclic) bond motifs is 2. The van der Waals surface area contributed by atoms with Gasteiger partial charge in [0.25, 0.3) is 0 Å². The highest BCUT2D eigenvalue weighted by Gasteiger charge is 2.35. The largest absolute Gasteiger partial charge is 0.573 e. The van der Waals surface area contributed by atoms with Crippen LogP contribution in [-0.4, -0.2) is 45.9 Å². The van der Waals surface area contributed by atoms with E-state index in [1.165, 1.54) is 24.4 Å².